The van der Waals surface area contributed by atoms with Gasteiger partial charge in [-0.25, -0.2) is 0 Å². The minimum Gasteiger partial charge on any atom is -0.392 e. The molecule has 2 heteroatoms. The van der Waals surface area contributed by atoms with E-state index < -0.39 is 6.10 Å². The van der Waals surface area contributed by atoms with E-state index in [2.05, 4.69) is 11.8 Å². The summed E-state index contributed by atoms with van der Waals surface area (Å²) in [5, 5.41) is 8.86. The molecular weight excluding hydrogens is 114 g/mol. The predicted octanol–water partition coefficient (Wildman–Crippen LogP) is 0.277. The fraction of sp³-hybridized carbons (Fsp3) is 0.857. The summed E-state index contributed by atoms with van der Waals surface area (Å²) >= 11 is 0. The maximum atomic E-state index is 8.86. The summed E-state index contributed by atoms with van der Waals surface area (Å²) in [5.74, 6) is 0. The van der Waals surface area contributed by atoms with Crippen LogP contribution in [0, 0.1) is 6.92 Å². The normalized spacial score (nSPS) is 24.7. The quantitative estimate of drug-likeness (QED) is 0.577. The molecule has 0 aliphatic carbocycles. The molecule has 0 aromatic rings. The Kier molecular flexibility index (Phi) is 2.49. The molecule has 1 saturated heterocycles. The number of nitrogens with zero attached hydrogens (tertiary/aromatic N) is 1. The highest BCUT2D eigenvalue weighted by molar-refractivity contribution is 4.70. The van der Waals surface area contributed by atoms with E-state index in [0.717, 1.165) is 19.6 Å². The van der Waals surface area contributed by atoms with Gasteiger partial charge in [0.25, 0.3) is 0 Å². The van der Waals surface area contributed by atoms with Gasteiger partial charge in [0.1, 0.15) is 0 Å². The summed E-state index contributed by atoms with van der Waals surface area (Å²) < 4.78 is 0. The highest BCUT2D eigenvalue weighted by Gasteiger charge is 2.12. The first-order valence-electron chi connectivity index (χ1n) is 3.52. The molecule has 0 saturated carbocycles. The van der Waals surface area contributed by atoms with Crippen molar-refractivity contribution >= 4 is 0 Å². The van der Waals surface area contributed by atoms with Crippen molar-refractivity contribution in [3.63, 3.8) is 0 Å². The van der Waals surface area contributed by atoms with E-state index in [4.69, 9.17) is 5.11 Å². The zero-order chi connectivity index (χ0) is 6.69. The highest BCUT2D eigenvalue weighted by atomic mass is 16.3. The van der Waals surface area contributed by atoms with Gasteiger partial charge in [-0.2, -0.15) is 0 Å². The van der Waals surface area contributed by atoms with Gasteiger partial charge in [0.15, 0.2) is 0 Å². The zero-order valence-corrected chi connectivity index (χ0v) is 5.71. The summed E-state index contributed by atoms with van der Waals surface area (Å²) in [5.41, 5.74) is 0. The monoisotopic (exact) mass is 128 g/mol. The molecule has 1 rings (SSSR count). The van der Waals surface area contributed by atoms with E-state index in [9.17, 15) is 0 Å². The first-order chi connectivity index (χ1) is 4.29. The Morgan fingerprint density at radius 1 is 1.44 bits per heavy atom. The maximum Gasteiger partial charge on any atom is 0.0668 e. The summed E-state index contributed by atoms with van der Waals surface area (Å²) in [6, 6.07) is 0. The first kappa shape index (κ1) is 7.03. The number of β-amino-alcohol motifs (C(OH)–C–C–N with tert-alkyl or cyclic N) is 1. The van der Waals surface area contributed by atoms with Gasteiger partial charge in [-0.1, -0.05) is 0 Å². The molecule has 9 heavy (non-hydrogen) atoms. The van der Waals surface area contributed by atoms with Gasteiger partial charge in [0, 0.05) is 6.54 Å². The van der Waals surface area contributed by atoms with Crippen LogP contribution in [0.3, 0.4) is 0 Å². The third-order valence-electron chi connectivity index (χ3n) is 1.67. The van der Waals surface area contributed by atoms with E-state index in [-0.39, 0.29) is 0 Å². The second kappa shape index (κ2) is 3.18. The van der Waals surface area contributed by atoms with Crippen LogP contribution in [0.4, 0.5) is 0 Å². The number of aliphatic hydroxyl groups excluding tert-OH is 1. The Bertz CT molecular complexity index is 77.0. The molecule has 1 heterocycles. The molecule has 0 amide bonds. The lowest BCUT2D eigenvalue weighted by Crippen LogP contribution is -2.28. The first-order valence-corrected chi connectivity index (χ1v) is 3.52. The fourth-order valence-corrected chi connectivity index (χ4v) is 1.26. The minimum atomic E-state index is -0.400. The predicted molar refractivity (Wildman–Crippen MR) is 37.0 cm³/mol. The lowest BCUT2D eigenvalue weighted by Gasteiger charge is -2.15. The second-order valence-corrected chi connectivity index (χ2v) is 2.66. The molecule has 53 valence electrons. The summed E-state index contributed by atoms with van der Waals surface area (Å²) in [6.07, 6.45) is 2.17. The van der Waals surface area contributed by atoms with Gasteiger partial charge < -0.3 is 10.0 Å². The lowest BCUT2D eigenvalue weighted by molar-refractivity contribution is 0.161. The molecule has 0 unspecified atom stereocenters. The van der Waals surface area contributed by atoms with Crippen LogP contribution in [0.2, 0.25) is 0 Å². The van der Waals surface area contributed by atoms with Crippen molar-refractivity contribution in [1.29, 1.82) is 0 Å². The van der Waals surface area contributed by atoms with Gasteiger partial charge >= 0.3 is 0 Å². The van der Waals surface area contributed by atoms with Crippen LogP contribution in [0.1, 0.15) is 12.8 Å². The summed E-state index contributed by atoms with van der Waals surface area (Å²) in [6.45, 7) is 6.56. The van der Waals surface area contributed by atoms with Crippen LogP contribution in [-0.4, -0.2) is 35.7 Å². The van der Waals surface area contributed by atoms with Gasteiger partial charge in [-0.05, 0) is 32.9 Å². The van der Waals surface area contributed by atoms with E-state index >= 15 is 0 Å². The van der Waals surface area contributed by atoms with Gasteiger partial charge in [-0.15, -0.1) is 0 Å². The molecule has 1 aliphatic heterocycles. The van der Waals surface area contributed by atoms with Crippen molar-refractivity contribution in [1.82, 2.24) is 4.90 Å². The van der Waals surface area contributed by atoms with Crippen LogP contribution in [0.15, 0.2) is 0 Å². The number of hydrogen-bond acceptors (Lipinski definition) is 2. The Hall–Kier alpha value is -0.0800. The van der Waals surface area contributed by atoms with E-state index in [1.807, 2.05) is 0 Å². The fourth-order valence-electron chi connectivity index (χ4n) is 1.26. The molecule has 2 nitrogen and oxygen atoms in total. The molecular formula is C7H14NO. The highest BCUT2D eigenvalue weighted by Crippen LogP contribution is 2.06. The molecule has 1 atom stereocenters. The number of aliphatic hydroxyl groups is 1. The minimum absolute atomic E-state index is 0.400. The Balaban J connectivity index is 2.11. The van der Waals surface area contributed by atoms with Crippen LogP contribution >= 0.6 is 0 Å². The van der Waals surface area contributed by atoms with E-state index in [1.165, 1.54) is 12.8 Å². The number of rotatable bonds is 2. The van der Waals surface area contributed by atoms with Gasteiger partial charge in [-0.3, -0.25) is 0 Å². The summed E-state index contributed by atoms with van der Waals surface area (Å²) in [4.78, 5) is 2.25. The van der Waals surface area contributed by atoms with E-state index in [1.54, 1.807) is 0 Å². The third-order valence-corrected chi connectivity index (χ3v) is 1.67. The SMILES string of the molecule is [CH2][C@H](O)CN1CCCC1. The standard InChI is InChI=1S/C7H14NO/c1-7(9)6-8-4-2-3-5-8/h7,9H,1-6H2/t7-/m0/s1. The van der Waals surface area contributed by atoms with Gasteiger partial charge in [0.05, 0.1) is 6.10 Å². The molecule has 1 aliphatic rings. The van der Waals surface area contributed by atoms with Crippen LogP contribution < -0.4 is 0 Å². The average molecular weight is 128 g/mol. The molecule has 1 fully saturated rings. The van der Waals surface area contributed by atoms with Crippen molar-refractivity contribution in [3.8, 4) is 0 Å². The average Bonchev–Trinajstić information content (AvgIpc) is 2.15. The van der Waals surface area contributed by atoms with Crippen molar-refractivity contribution < 1.29 is 5.11 Å². The number of likely N-dealkylation sites (tertiary alicyclic amines) is 1. The van der Waals surface area contributed by atoms with Crippen LogP contribution in [0.5, 0.6) is 0 Å². The van der Waals surface area contributed by atoms with Crippen molar-refractivity contribution in [3.05, 3.63) is 6.92 Å². The topological polar surface area (TPSA) is 23.5 Å². The maximum absolute atomic E-state index is 8.86. The van der Waals surface area contributed by atoms with Crippen molar-refractivity contribution in [2.24, 2.45) is 0 Å². The number of hydrogen-bond donors (Lipinski definition) is 1. The molecule has 1 N–H and O–H groups in total. The molecule has 1 radical (unpaired) electrons. The molecule has 0 aromatic heterocycles. The Morgan fingerprint density at radius 2 is 2.00 bits per heavy atom. The molecule has 0 spiro atoms. The molecule has 0 aromatic carbocycles. The van der Waals surface area contributed by atoms with E-state index in [0.29, 0.717) is 0 Å². The van der Waals surface area contributed by atoms with Crippen molar-refractivity contribution in [2.75, 3.05) is 19.6 Å². The zero-order valence-electron chi connectivity index (χ0n) is 5.71. The largest absolute Gasteiger partial charge is 0.392 e. The Labute approximate surface area is 56.5 Å². The third kappa shape index (κ3) is 2.33. The van der Waals surface area contributed by atoms with Crippen LogP contribution in [0.25, 0.3) is 0 Å². The van der Waals surface area contributed by atoms with Gasteiger partial charge in [0.2, 0.25) is 0 Å². The van der Waals surface area contributed by atoms with Crippen LogP contribution in [-0.2, 0) is 0 Å². The lowest BCUT2D eigenvalue weighted by atomic mass is 10.4. The molecule has 0 bridgehead atoms. The summed E-state index contributed by atoms with van der Waals surface area (Å²) in [7, 11) is 0. The second-order valence-electron chi connectivity index (χ2n) is 2.66. The smallest absolute Gasteiger partial charge is 0.0668 e. The van der Waals surface area contributed by atoms with Crippen molar-refractivity contribution in [2.45, 2.75) is 18.9 Å². The Morgan fingerprint density at radius 3 is 2.44 bits per heavy atom.